The Bertz CT molecular complexity index is 373. The predicted octanol–water partition coefficient (Wildman–Crippen LogP) is 2.05. The van der Waals surface area contributed by atoms with Crippen LogP contribution in [-0.2, 0) is 4.79 Å². The van der Waals surface area contributed by atoms with Crippen LogP contribution in [0.1, 0.15) is 37.7 Å². The summed E-state index contributed by atoms with van der Waals surface area (Å²) in [6.07, 6.45) is 3.41. The molecule has 1 aromatic carbocycles. The van der Waals surface area contributed by atoms with Crippen molar-refractivity contribution in [2.45, 2.75) is 38.1 Å². The Hall–Kier alpha value is -1.35. The van der Waals surface area contributed by atoms with Crippen LogP contribution in [0.2, 0.25) is 0 Å². The average Bonchev–Trinajstić information content (AvgIpc) is 3.21. The van der Waals surface area contributed by atoms with E-state index < -0.39 is 0 Å². The number of carbonyl (C=O) groups is 1. The molecular weight excluding hydrogens is 224 g/mol. The van der Waals surface area contributed by atoms with Gasteiger partial charge in [-0.15, -0.1) is 0 Å². The van der Waals surface area contributed by atoms with Gasteiger partial charge in [0.25, 0.3) is 0 Å². The van der Waals surface area contributed by atoms with Crippen molar-refractivity contribution in [1.82, 2.24) is 10.6 Å². The van der Waals surface area contributed by atoms with E-state index in [0.29, 0.717) is 6.04 Å². The number of carbonyl (C=O) groups excluding carboxylic acids is 1. The van der Waals surface area contributed by atoms with Crippen molar-refractivity contribution >= 4 is 5.91 Å². The van der Waals surface area contributed by atoms with Crippen molar-refractivity contribution in [3.8, 4) is 0 Å². The maximum Gasteiger partial charge on any atom is 0.227 e. The van der Waals surface area contributed by atoms with E-state index >= 15 is 0 Å². The maximum atomic E-state index is 12.1. The van der Waals surface area contributed by atoms with Crippen LogP contribution in [-0.4, -0.2) is 25.0 Å². The Kier molecular flexibility index (Phi) is 4.76. The summed E-state index contributed by atoms with van der Waals surface area (Å²) in [5.74, 6) is 0.119. The van der Waals surface area contributed by atoms with Crippen molar-refractivity contribution in [2.24, 2.45) is 0 Å². The quantitative estimate of drug-likeness (QED) is 0.723. The zero-order valence-corrected chi connectivity index (χ0v) is 11.0. The Morgan fingerprint density at radius 2 is 2.00 bits per heavy atom. The third-order valence-electron chi connectivity index (χ3n) is 3.36. The van der Waals surface area contributed by atoms with Crippen LogP contribution in [0.5, 0.6) is 0 Å². The first kappa shape index (κ1) is 13.1. The van der Waals surface area contributed by atoms with Crippen LogP contribution in [0, 0.1) is 0 Å². The van der Waals surface area contributed by atoms with E-state index in [-0.39, 0.29) is 11.8 Å². The summed E-state index contributed by atoms with van der Waals surface area (Å²) in [4.78, 5) is 12.1. The molecule has 0 aliphatic heterocycles. The van der Waals surface area contributed by atoms with E-state index in [1.165, 1.54) is 12.8 Å². The second-order valence-corrected chi connectivity index (χ2v) is 4.89. The lowest BCUT2D eigenvalue weighted by Crippen LogP contribution is -2.35. The molecule has 0 spiro atoms. The van der Waals surface area contributed by atoms with Gasteiger partial charge in [-0.05, 0) is 24.8 Å². The van der Waals surface area contributed by atoms with Crippen molar-refractivity contribution in [3.05, 3.63) is 35.9 Å². The largest absolute Gasteiger partial charge is 0.354 e. The Balaban J connectivity index is 1.77. The van der Waals surface area contributed by atoms with Gasteiger partial charge in [0.1, 0.15) is 0 Å². The summed E-state index contributed by atoms with van der Waals surface area (Å²) in [6, 6.07) is 10.7. The molecule has 1 atom stereocenters. The molecule has 1 unspecified atom stereocenters. The van der Waals surface area contributed by atoms with Gasteiger partial charge >= 0.3 is 0 Å². The monoisotopic (exact) mass is 246 g/mol. The minimum Gasteiger partial charge on any atom is -0.354 e. The molecule has 2 rings (SSSR count). The van der Waals surface area contributed by atoms with Crippen molar-refractivity contribution < 1.29 is 4.79 Å². The first-order valence-corrected chi connectivity index (χ1v) is 6.87. The minimum absolute atomic E-state index is 0.0212. The molecule has 1 aromatic rings. The van der Waals surface area contributed by atoms with Crippen LogP contribution < -0.4 is 10.6 Å². The number of hydrogen-bond acceptors (Lipinski definition) is 2. The van der Waals surface area contributed by atoms with Gasteiger partial charge in [0.05, 0.1) is 5.92 Å². The molecule has 0 radical (unpaired) electrons. The lowest BCUT2D eigenvalue weighted by molar-refractivity contribution is -0.122. The first-order chi connectivity index (χ1) is 8.81. The molecule has 2 N–H and O–H groups in total. The number of rotatable bonds is 7. The van der Waals surface area contributed by atoms with E-state index in [1.54, 1.807) is 0 Å². The number of benzene rings is 1. The number of nitrogens with one attached hydrogen (secondary N) is 2. The lowest BCUT2D eigenvalue weighted by Gasteiger charge is -2.15. The Morgan fingerprint density at radius 1 is 1.28 bits per heavy atom. The molecule has 1 fully saturated rings. The standard InChI is InChI=1S/C15H22N2O/c1-2-14(12-6-4-3-5-7-12)15(18)17-11-10-16-13-8-9-13/h3-7,13-14,16H,2,8-11H2,1H3,(H,17,18). The molecule has 0 saturated heterocycles. The number of amides is 1. The summed E-state index contributed by atoms with van der Waals surface area (Å²) in [6.45, 7) is 3.65. The Labute approximate surface area is 109 Å². The van der Waals surface area contributed by atoms with Gasteiger partial charge in [0.15, 0.2) is 0 Å². The van der Waals surface area contributed by atoms with Gasteiger partial charge in [-0.25, -0.2) is 0 Å². The minimum atomic E-state index is -0.0212. The van der Waals surface area contributed by atoms with Gasteiger partial charge < -0.3 is 10.6 Å². The van der Waals surface area contributed by atoms with Crippen LogP contribution in [0.4, 0.5) is 0 Å². The highest BCUT2D eigenvalue weighted by atomic mass is 16.1. The predicted molar refractivity (Wildman–Crippen MR) is 73.5 cm³/mol. The van der Waals surface area contributed by atoms with Gasteiger partial charge in [0, 0.05) is 19.1 Å². The molecule has 18 heavy (non-hydrogen) atoms. The molecule has 98 valence electrons. The van der Waals surface area contributed by atoms with Crippen LogP contribution in [0.3, 0.4) is 0 Å². The van der Waals surface area contributed by atoms with Crippen molar-refractivity contribution in [2.75, 3.05) is 13.1 Å². The zero-order chi connectivity index (χ0) is 12.8. The molecule has 3 nitrogen and oxygen atoms in total. The summed E-state index contributed by atoms with van der Waals surface area (Å²) >= 11 is 0. The topological polar surface area (TPSA) is 41.1 Å². The van der Waals surface area contributed by atoms with Gasteiger partial charge in [-0.2, -0.15) is 0 Å². The molecular formula is C15H22N2O. The first-order valence-electron chi connectivity index (χ1n) is 6.87. The maximum absolute atomic E-state index is 12.1. The van der Waals surface area contributed by atoms with Gasteiger partial charge in [0.2, 0.25) is 5.91 Å². The van der Waals surface area contributed by atoms with E-state index in [9.17, 15) is 4.79 Å². The van der Waals surface area contributed by atoms with Gasteiger partial charge in [-0.3, -0.25) is 4.79 Å². The fraction of sp³-hybridized carbons (Fsp3) is 0.533. The fourth-order valence-electron chi connectivity index (χ4n) is 2.13. The molecule has 0 heterocycles. The van der Waals surface area contributed by atoms with E-state index in [4.69, 9.17) is 0 Å². The molecule has 0 aromatic heterocycles. The van der Waals surface area contributed by atoms with E-state index in [0.717, 1.165) is 25.1 Å². The van der Waals surface area contributed by atoms with E-state index in [1.807, 2.05) is 30.3 Å². The molecule has 0 bridgehead atoms. The van der Waals surface area contributed by atoms with Crippen LogP contribution >= 0.6 is 0 Å². The fourth-order valence-corrected chi connectivity index (χ4v) is 2.13. The highest BCUT2D eigenvalue weighted by Gasteiger charge is 2.20. The van der Waals surface area contributed by atoms with E-state index in [2.05, 4.69) is 17.6 Å². The van der Waals surface area contributed by atoms with Crippen molar-refractivity contribution in [1.29, 1.82) is 0 Å². The lowest BCUT2D eigenvalue weighted by atomic mass is 9.96. The van der Waals surface area contributed by atoms with Crippen molar-refractivity contribution in [3.63, 3.8) is 0 Å². The normalized spacial score (nSPS) is 16.3. The summed E-state index contributed by atoms with van der Waals surface area (Å²) in [7, 11) is 0. The highest BCUT2D eigenvalue weighted by molar-refractivity contribution is 5.83. The SMILES string of the molecule is CCC(C(=O)NCCNC1CC1)c1ccccc1. The zero-order valence-electron chi connectivity index (χ0n) is 11.0. The highest BCUT2D eigenvalue weighted by Crippen LogP contribution is 2.19. The summed E-state index contributed by atoms with van der Waals surface area (Å²) in [5.41, 5.74) is 1.10. The molecule has 1 saturated carbocycles. The molecule has 1 aliphatic rings. The molecule has 1 amide bonds. The third-order valence-corrected chi connectivity index (χ3v) is 3.36. The Morgan fingerprint density at radius 3 is 2.61 bits per heavy atom. The molecule has 3 heteroatoms. The van der Waals surface area contributed by atoms with Crippen LogP contribution in [0.15, 0.2) is 30.3 Å². The average molecular weight is 246 g/mol. The third kappa shape index (κ3) is 3.84. The molecule has 1 aliphatic carbocycles. The second kappa shape index (κ2) is 6.55. The summed E-state index contributed by atoms with van der Waals surface area (Å²) < 4.78 is 0. The smallest absolute Gasteiger partial charge is 0.227 e. The van der Waals surface area contributed by atoms with Gasteiger partial charge in [-0.1, -0.05) is 37.3 Å². The number of hydrogen-bond donors (Lipinski definition) is 2. The van der Waals surface area contributed by atoms with Crippen LogP contribution in [0.25, 0.3) is 0 Å². The summed E-state index contributed by atoms with van der Waals surface area (Å²) in [5, 5.41) is 6.41. The second-order valence-electron chi connectivity index (χ2n) is 4.89.